The minimum atomic E-state index is -2.38. The molecule has 2 aromatic rings. The standard InChI is InChI=1S/C8H2F4O4.C7H6O2/c9-3-1(7(13)14)2(8(15)16)4(10)6(12)5(3)11;8-7(9)6-4-2-1-3-5-6/h(H,13,14)(H,15,16);1-5H,(H,8,9). The molecular weight excluding hydrogens is 352 g/mol. The summed E-state index contributed by atoms with van der Waals surface area (Å²) in [6, 6.07) is 8.30. The molecule has 0 unspecified atom stereocenters. The normalized spacial score (nSPS) is 9.76. The lowest BCUT2D eigenvalue weighted by atomic mass is 10.1. The minimum absolute atomic E-state index is 0.331. The van der Waals surface area contributed by atoms with Gasteiger partial charge in [-0.15, -0.1) is 0 Å². The SMILES string of the molecule is O=C(O)c1c(F)c(F)c(F)c(F)c1C(=O)O.O=C(O)c1ccccc1. The van der Waals surface area contributed by atoms with Gasteiger partial charge in [-0.3, -0.25) is 0 Å². The number of carboxylic acid groups (broad SMARTS) is 3. The smallest absolute Gasteiger partial charge is 0.339 e. The predicted molar refractivity (Wildman–Crippen MR) is 73.6 cm³/mol. The van der Waals surface area contributed by atoms with Gasteiger partial charge >= 0.3 is 17.9 Å². The number of rotatable bonds is 3. The Hall–Kier alpha value is -3.43. The first-order valence-electron chi connectivity index (χ1n) is 6.20. The maximum atomic E-state index is 12.9. The second-order valence-electron chi connectivity index (χ2n) is 4.29. The third-order valence-corrected chi connectivity index (χ3v) is 2.72. The van der Waals surface area contributed by atoms with E-state index in [1.54, 1.807) is 30.3 Å². The first-order valence-corrected chi connectivity index (χ1v) is 6.20. The molecule has 0 heterocycles. The molecule has 2 aromatic carbocycles. The summed E-state index contributed by atoms with van der Waals surface area (Å²) in [5, 5.41) is 25.1. The van der Waals surface area contributed by atoms with Crippen LogP contribution in [0.4, 0.5) is 17.6 Å². The third kappa shape index (κ3) is 4.31. The number of aromatic carboxylic acids is 3. The van der Waals surface area contributed by atoms with Crippen molar-refractivity contribution in [1.29, 1.82) is 0 Å². The van der Waals surface area contributed by atoms with Crippen LogP contribution in [0.1, 0.15) is 31.1 Å². The summed E-state index contributed by atoms with van der Waals surface area (Å²) in [6.45, 7) is 0. The van der Waals surface area contributed by atoms with Crippen molar-refractivity contribution in [3.63, 3.8) is 0 Å². The second-order valence-corrected chi connectivity index (χ2v) is 4.29. The molecule has 132 valence electrons. The maximum absolute atomic E-state index is 12.9. The average molecular weight is 360 g/mol. The van der Waals surface area contributed by atoms with Crippen LogP contribution in [0.15, 0.2) is 30.3 Å². The maximum Gasteiger partial charge on any atom is 0.339 e. The van der Waals surface area contributed by atoms with E-state index < -0.39 is 52.3 Å². The molecule has 0 bridgehead atoms. The van der Waals surface area contributed by atoms with Crippen LogP contribution in [0.3, 0.4) is 0 Å². The molecule has 0 saturated heterocycles. The van der Waals surface area contributed by atoms with Crippen molar-refractivity contribution < 1.29 is 47.3 Å². The highest BCUT2D eigenvalue weighted by atomic mass is 19.2. The van der Waals surface area contributed by atoms with E-state index in [9.17, 15) is 31.9 Å². The summed E-state index contributed by atoms with van der Waals surface area (Å²) in [7, 11) is 0. The molecule has 0 spiro atoms. The Morgan fingerprint density at radius 1 is 0.600 bits per heavy atom. The van der Waals surface area contributed by atoms with E-state index in [2.05, 4.69) is 0 Å². The van der Waals surface area contributed by atoms with E-state index in [0.717, 1.165) is 0 Å². The van der Waals surface area contributed by atoms with Gasteiger partial charge in [-0.05, 0) is 12.1 Å². The molecule has 0 atom stereocenters. The molecular formula is C15H8F4O6. The number of carboxylic acids is 3. The molecule has 0 aromatic heterocycles. The van der Waals surface area contributed by atoms with Crippen LogP contribution in [0, 0.1) is 23.3 Å². The lowest BCUT2D eigenvalue weighted by Crippen LogP contribution is -2.17. The number of carbonyl (C=O) groups is 3. The van der Waals surface area contributed by atoms with E-state index in [0.29, 0.717) is 5.56 Å². The van der Waals surface area contributed by atoms with Gasteiger partial charge in [-0.1, -0.05) is 18.2 Å². The van der Waals surface area contributed by atoms with Gasteiger partial charge in [-0.2, -0.15) is 0 Å². The Balaban J connectivity index is 0.000000293. The Morgan fingerprint density at radius 2 is 0.960 bits per heavy atom. The number of hydrogen-bond donors (Lipinski definition) is 3. The van der Waals surface area contributed by atoms with E-state index in [1.165, 1.54) is 0 Å². The summed E-state index contributed by atoms with van der Waals surface area (Å²) < 4.78 is 51.0. The van der Waals surface area contributed by atoms with E-state index in [4.69, 9.17) is 15.3 Å². The molecule has 10 heteroatoms. The quantitative estimate of drug-likeness (QED) is 0.441. The van der Waals surface area contributed by atoms with Crippen LogP contribution in [0.5, 0.6) is 0 Å². The Kier molecular flexibility index (Phi) is 6.20. The molecule has 2 rings (SSSR count). The number of hydrogen-bond acceptors (Lipinski definition) is 3. The van der Waals surface area contributed by atoms with Crippen LogP contribution in [-0.4, -0.2) is 33.2 Å². The fourth-order valence-electron chi connectivity index (χ4n) is 1.61. The monoisotopic (exact) mass is 360 g/mol. The van der Waals surface area contributed by atoms with Crippen LogP contribution in [0.25, 0.3) is 0 Å². The zero-order chi connectivity index (χ0) is 19.3. The van der Waals surface area contributed by atoms with Gasteiger partial charge in [0.1, 0.15) is 11.1 Å². The molecule has 3 N–H and O–H groups in total. The van der Waals surface area contributed by atoms with Crippen molar-refractivity contribution in [3.8, 4) is 0 Å². The van der Waals surface area contributed by atoms with Gasteiger partial charge in [0.05, 0.1) is 5.56 Å². The van der Waals surface area contributed by atoms with Gasteiger partial charge in [-0.25, -0.2) is 31.9 Å². The van der Waals surface area contributed by atoms with Crippen LogP contribution < -0.4 is 0 Å². The summed E-state index contributed by atoms with van der Waals surface area (Å²) in [4.78, 5) is 31.0. The fraction of sp³-hybridized carbons (Fsp3) is 0. The molecule has 25 heavy (non-hydrogen) atoms. The Labute approximate surface area is 136 Å². The van der Waals surface area contributed by atoms with Crippen LogP contribution in [0.2, 0.25) is 0 Å². The largest absolute Gasteiger partial charge is 0.478 e. The topological polar surface area (TPSA) is 112 Å². The molecule has 0 saturated carbocycles. The van der Waals surface area contributed by atoms with Gasteiger partial charge in [0.15, 0.2) is 23.3 Å². The highest BCUT2D eigenvalue weighted by Crippen LogP contribution is 2.24. The van der Waals surface area contributed by atoms with Crippen LogP contribution in [-0.2, 0) is 0 Å². The van der Waals surface area contributed by atoms with Crippen molar-refractivity contribution >= 4 is 17.9 Å². The molecule has 6 nitrogen and oxygen atoms in total. The van der Waals surface area contributed by atoms with Gasteiger partial charge < -0.3 is 15.3 Å². The summed E-state index contributed by atoms with van der Waals surface area (Å²) in [6.07, 6.45) is 0. The summed E-state index contributed by atoms with van der Waals surface area (Å²) >= 11 is 0. The van der Waals surface area contributed by atoms with Crippen molar-refractivity contribution in [2.75, 3.05) is 0 Å². The van der Waals surface area contributed by atoms with E-state index in [-0.39, 0.29) is 0 Å². The number of halogens is 4. The van der Waals surface area contributed by atoms with Gasteiger partial charge in [0.25, 0.3) is 0 Å². The van der Waals surface area contributed by atoms with Crippen molar-refractivity contribution in [1.82, 2.24) is 0 Å². The molecule has 0 aliphatic rings. The predicted octanol–water partition coefficient (Wildman–Crippen LogP) is 3.02. The summed E-state index contributed by atoms with van der Waals surface area (Å²) in [5.41, 5.74) is -3.19. The highest BCUT2D eigenvalue weighted by Gasteiger charge is 2.32. The van der Waals surface area contributed by atoms with Crippen molar-refractivity contribution in [3.05, 3.63) is 70.3 Å². The first kappa shape index (κ1) is 19.6. The average Bonchev–Trinajstić information content (AvgIpc) is 2.56. The first-order chi connectivity index (χ1) is 11.6. The lowest BCUT2D eigenvalue weighted by molar-refractivity contribution is 0.0639. The Morgan fingerprint density at radius 3 is 1.20 bits per heavy atom. The van der Waals surface area contributed by atoms with E-state index in [1.807, 2.05) is 0 Å². The number of benzene rings is 2. The van der Waals surface area contributed by atoms with E-state index >= 15 is 0 Å². The van der Waals surface area contributed by atoms with Crippen molar-refractivity contribution in [2.24, 2.45) is 0 Å². The van der Waals surface area contributed by atoms with Gasteiger partial charge in [0, 0.05) is 0 Å². The minimum Gasteiger partial charge on any atom is -0.478 e. The van der Waals surface area contributed by atoms with Gasteiger partial charge in [0.2, 0.25) is 0 Å². The highest BCUT2D eigenvalue weighted by molar-refractivity contribution is 6.02. The lowest BCUT2D eigenvalue weighted by Gasteiger charge is -2.06. The molecule has 0 aliphatic heterocycles. The van der Waals surface area contributed by atoms with Crippen molar-refractivity contribution in [2.45, 2.75) is 0 Å². The zero-order valence-electron chi connectivity index (χ0n) is 12.0. The molecule has 0 aliphatic carbocycles. The zero-order valence-corrected chi connectivity index (χ0v) is 12.0. The summed E-state index contributed by atoms with van der Waals surface area (Å²) in [5.74, 6) is -14.6. The Bertz CT molecular complexity index is 791. The third-order valence-electron chi connectivity index (χ3n) is 2.72. The second kappa shape index (κ2) is 7.90. The molecule has 0 radical (unpaired) electrons. The van der Waals surface area contributed by atoms with Crippen LogP contribution >= 0.6 is 0 Å². The molecule has 0 fully saturated rings. The molecule has 0 amide bonds. The fourth-order valence-corrected chi connectivity index (χ4v) is 1.61.